The molecule has 0 aliphatic rings. The van der Waals surface area contributed by atoms with Gasteiger partial charge in [0.1, 0.15) is 0 Å². The van der Waals surface area contributed by atoms with Crippen LogP contribution in [0.5, 0.6) is 11.5 Å². The van der Waals surface area contributed by atoms with Gasteiger partial charge in [0.25, 0.3) is 5.56 Å². The van der Waals surface area contributed by atoms with Crippen LogP contribution in [0.2, 0.25) is 0 Å². The van der Waals surface area contributed by atoms with E-state index >= 15 is 0 Å². The molecule has 17 heavy (non-hydrogen) atoms. The summed E-state index contributed by atoms with van der Waals surface area (Å²) in [5, 5.41) is 0.352. The minimum Gasteiger partial charge on any atom is -0.493 e. The maximum Gasteiger partial charge on any atom is 0.326 e. The molecule has 90 valence electrons. The van der Waals surface area contributed by atoms with Crippen molar-refractivity contribution in [2.75, 3.05) is 13.7 Å². The zero-order valence-corrected chi connectivity index (χ0v) is 9.49. The van der Waals surface area contributed by atoms with E-state index in [1.54, 1.807) is 6.07 Å². The van der Waals surface area contributed by atoms with Gasteiger partial charge in [0.2, 0.25) is 0 Å². The fraction of sp³-hybridized carbons (Fsp3) is 0.273. The zero-order valence-electron chi connectivity index (χ0n) is 9.49. The second kappa shape index (κ2) is 4.32. The van der Waals surface area contributed by atoms with Gasteiger partial charge < -0.3 is 14.5 Å². The van der Waals surface area contributed by atoms with E-state index in [9.17, 15) is 9.59 Å². The molecule has 1 heterocycles. The van der Waals surface area contributed by atoms with Crippen LogP contribution in [0.25, 0.3) is 10.9 Å². The van der Waals surface area contributed by atoms with Gasteiger partial charge in [-0.3, -0.25) is 9.78 Å². The van der Waals surface area contributed by atoms with Gasteiger partial charge in [-0.1, -0.05) is 0 Å². The van der Waals surface area contributed by atoms with Crippen LogP contribution in [0.1, 0.15) is 6.92 Å². The maximum absolute atomic E-state index is 11.6. The predicted octanol–water partition coefficient (Wildman–Crippen LogP) is 0.624. The minimum absolute atomic E-state index is 0.352. The van der Waals surface area contributed by atoms with Crippen LogP contribution in [0.3, 0.4) is 0 Å². The van der Waals surface area contributed by atoms with Crippen molar-refractivity contribution in [2.45, 2.75) is 6.92 Å². The molecule has 1 aromatic carbocycles. The molecule has 0 aliphatic carbocycles. The molecule has 0 amide bonds. The molecule has 0 fully saturated rings. The van der Waals surface area contributed by atoms with E-state index in [0.29, 0.717) is 29.0 Å². The topological polar surface area (TPSA) is 84.2 Å². The number of hydrogen-bond acceptors (Lipinski definition) is 4. The first-order valence-electron chi connectivity index (χ1n) is 5.13. The Bertz CT molecular complexity index is 657. The fourth-order valence-electron chi connectivity index (χ4n) is 1.60. The highest BCUT2D eigenvalue weighted by Gasteiger charge is 2.09. The van der Waals surface area contributed by atoms with Crippen LogP contribution >= 0.6 is 0 Å². The maximum atomic E-state index is 11.6. The molecule has 0 bridgehead atoms. The number of ether oxygens (including phenoxy) is 2. The number of aromatic nitrogens is 2. The smallest absolute Gasteiger partial charge is 0.326 e. The van der Waals surface area contributed by atoms with Crippen LogP contribution in [0, 0.1) is 0 Å². The van der Waals surface area contributed by atoms with Gasteiger partial charge in [-0.05, 0) is 13.0 Å². The Kier molecular flexibility index (Phi) is 2.86. The van der Waals surface area contributed by atoms with Crippen LogP contribution in [-0.4, -0.2) is 23.7 Å². The highest BCUT2D eigenvalue weighted by Crippen LogP contribution is 2.29. The number of H-pyrrole nitrogens is 2. The van der Waals surface area contributed by atoms with E-state index in [4.69, 9.17) is 9.47 Å². The molecule has 0 unspecified atom stereocenters. The average Bonchev–Trinajstić information content (AvgIpc) is 2.28. The Morgan fingerprint density at radius 2 is 1.94 bits per heavy atom. The van der Waals surface area contributed by atoms with Crippen molar-refractivity contribution in [1.82, 2.24) is 9.97 Å². The summed E-state index contributed by atoms with van der Waals surface area (Å²) in [6.07, 6.45) is 0. The lowest BCUT2D eigenvalue weighted by atomic mass is 10.2. The summed E-state index contributed by atoms with van der Waals surface area (Å²) >= 11 is 0. The summed E-state index contributed by atoms with van der Waals surface area (Å²) in [5.41, 5.74) is -0.580. The molecule has 0 spiro atoms. The number of aromatic amines is 2. The van der Waals surface area contributed by atoms with E-state index in [0.717, 1.165) is 0 Å². The molecule has 0 radical (unpaired) electrons. The summed E-state index contributed by atoms with van der Waals surface area (Å²) in [7, 11) is 1.49. The largest absolute Gasteiger partial charge is 0.493 e. The standard InChI is InChI=1S/C11H12N2O4/c1-3-17-9-5-7-6(4-8(9)16-2)10(14)13-11(15)12-7/h4-5H,3H2,1-2H3,(H2,12,13,14,15). The number of methoxy groups -OCH3 is 1. The van der Waals surface area contributed by atoms with Crippen molar-refractivity contribution in [3.05, 3.63) is 33.0 Å². The van der Waals surface area contributed by atoms with Gasteiger partial charge >= 0.3 is 5.69 Å². The summed E-state index contributed by atoms with van der Waals surface area (Å²) in [6.45, 7) is 2.31. The highest BCUT2D eigenvalue weighted by atomic mass is 16.5. The average molecular weight is 236 g/mol. The first-order valence-corrected chi connectivity index (χ1v) is 5.13. The Labute approximate surface area is 96.2 Å². The normalized spacial score (nSPS) is 10.5. The monoisotopic (exact) mass is 236 g/mol. The molecular weight excluding hydrogens is 224 g/mol. The number of hydrogen-bond donors (Lipinski definition) is 2. The summed E-state index contributed by atoms with van der Waals surface area (Å²) in [4.78, 5) is 27.4. The Morgan fingerprint density at radius 3 is 2.59 bits per heavy atom. The third-order valence-corrected chi connectivity index (χ3v) is 2.32. The number of benzene rings is 1. The second-order valence-electron chi connectivity index (χ2n) is 3.39. The van der Waals surface area contributed by atoms with Crippen molar-refractivity contribution in [3.8, 4) is 11.5 Å². The van der Waals surface area contributed by atoms with Gasteiger partial charge in [-0.2, -0.15) is 0 Å². The van der Waals surface area contributed by atoms with E-state index in [2.05, 4.69) is 9.97 Å². The first-order chi connectivity index (χ1) is 8.15. The zero-order chi connectivity index (χ0) is 12.4. The van der Waals surface area contributed by atoms with Crippen molar-refractivity contribution >= 4 is 10.9 Å². The van der Waals surface area contributed by atoms with Gasteiger partial charge in [0.05, 0.1) is 24.6 Å². The Hall–Kier alpha value is -2.24. The minimum atomic E-state index is -0.546. The lowest BCUT2D eigenvalue weighted by Gasteiger charge is -2.09. The number of rotatable bonds is 3. The van der Waals surface area contributed by atoms with Crippen molar-refractivity contribution in [2.24, 2.45) is 0 Å². The lowest BCUT2D eigenvalue weighted by Crippen LogP contribution is -2.21. The molecule has 6 heteroatoms. The quantitative estimate of drug-likeness (QED) is 0.818. The van der Waals surface area contributed by atoms with Crippen molar-refractivity contribution < 1.29 is 9.47 Å². The lowest BCUT2D eigenvalue weighted by molar-refractivity contribution is 0.311. The van der Waals surface area contributed by atoms with Crippen molar-refractivity contribution in [3.63, 3.8) is 0 Å². The molecule has 0 aliphatic heterocycles. The Morgan fingerprint density at radius 1 is 1.18 bits per heavy atom. The van der Waals surface area contributed by atoms with Crippen LogP contribution in [-0.2, 0) is 0 Å². The summed E-state index contributed by atoms with van der Waals surface area (Å²) in [6, 6.07) is 3.11. The third kappa shape index (κ3) is 2.01. The van der Waals surface area contributed by atoms with Crippen LogP contribution in [0.15, 0.2) is 21.7 Å². The van der Waals surface area contributed by atoms with E-state index in [1.807, 2.05) is 6.92 Å². The van der Waals surface area contributed by atoms with Gasteiger partial charge in [0, 0.05) is 6.07 Å². The Balaban J connectivity index is 2.78. The molecular formula is C11H12N2O4. The second-order valence-corrected chi connectivity index (χ2v) is 3.39. The first kappa shape index (κ1) is 11.3. The van der Waals surface area contributed by atoms with Crippen LogP contribution in [0.4, 0.5) is 0 Å². The highest BCUT2D eigenvalue weighted by molar-refractivity contribution is 5.81. The van der Waals surface area contributed by atoms with Gasteiger partial charge in [-0.25, -0.2) is 4.79 Å². The molecule has 0 saturated heterocycles. The molecule has 2 N–H and O–H groups in total. The van der Waals surface area contributed by atoms with Gasteiger partial charge in [-0.15, -0.1) is 0 Å². The predicted molar refractivity (Wildman–Crippen MR) is 62.9 cm³/mol. The number of nitrogens with one attached hydrogen (secondary N) is 2. The van der Waals surface area contributed by atoms with Gasteiger partial charge in [0.15, 0.2) is 11.5 Å². The molecule has 2 rings (SSSR count). The third-order valence-electron chi connectivity index (χ3n) is 2.32. The molecule has 0 saturated carbocycles. The van der Waals surface area contributed by atoms with E-state index in [1.165, 1.54) is 13.2 Å². The fourth-order valence-corrected chi connectivity index (χ4v) is 1.60. The molecule has 6 nitrogen and oxygen atoms in total. The molecule has 0 atom stereocenters. The van der Waals surface area contributed by atoms with E-state index in [-0.39, 0.29) is 0 Å². The molecule has 1 aromatic heterocycles. The SMILES string of the molecule is CCOc1cc2[nH]c(=O)[nH]c(=O)c2cc1OC. The summed E-state index contributed by atoms with van der Waals surface area (Å²) in [5.74, 6) is 0.945. The van der Waals surface area contributed by atoms with E-state index < -0.39 is 11.2 Å². The van der Waals surface area contributed by atoms with Crippen molar-refractivity contribution in [1.29, 1.82) is 0 Å². The number of fused-ring (bicyclic) bond motifs is 1. The molecule has 2 aromatic rings. The van der Waals surface area contributed by atoms with Crippen LogP contribution < -0.4 is 20.7 Å². The summed E-state index contributed by atoms with van der Waals surface area (Å²) < 4.78 is 10.5.